The standard InChI is InChI=1S/C16H37N3O2P2/c1-5-22(20,6-2)14-16-13-18-10-9-17-11-12-19(16)15-23(21,7-3)8-4/h16-18H,5-15H2,1-4H3. The Bertz CT molecular complexity index is 378. The van der Waals surface area contributed by atoms with Crippen LogP contribution in [0.15, 0.2) is 0 Å². The molecule has 23 heavy (non-hydrogen) atoms. The van der Waals surface area contributed by atoms with Crippen LogP contribution in [0.25, 0.3) is 0 Å². The van der Waals surface area contributed by atoms with Crippen LogP contribution in [-0.4, -0.2) is 80.8 Å². The predicted octanol–water partition coefficient (Wildman–Crippen LogP) is 2.61. The third kappa shape index (κ3) is 7.00. The van der Waals surface area contributed by atoms with Crippen LogP contribution in [0.1, 0.15) is 27.7 Å². The van der Waals surface area contributed by atoms with Gasteiger partial charge in [-0.25, -0.2) is 0 Å². The first kappa shape index (κ1) is 21.4. The van der Waals surface area contributed by atoms with Crippen molar-refractivity contribution < 1.29 is 9.13 Å². The van der Waals surface area contributed by atoms with Gasteiger partial charge in [-0.15, -0.1) is 0 Å². The molecule has 1 aliphatic rings. The first-order chi connectivity index (χ1) is 10.9. The minimum atomic E-state index is -2.14. The van der Waals surface area contributed by atoms with Crippen molar-refractivity contribution >= 4 is 14.3 Å². The quantitative estimate of drug-likeness (QED) is 0.648. The average molecular weight is 365 g/mol. The fourth-order valence-corrected chi connectivity index (χ4v) is 7.07. The van der Waals surface area contributed by atoms with Gasteiger partial charge < -0.3 is 19.8 Å². The summed E-state index contributed by atoms with van der Waals surface area (Å²) in [5.41, 5.74) is 0. The van der Waals surface area contributed by atoms with Gasteiger partial charge in [-0.1, -0.05) is 27.7 Å². The van der Waals surface area contributed by atoms with E-state index in [1.165, 1.54) is 0 Å². The maximum atomic E-state index is 13.0. The van der Waals surface area contributed by atoms with Crippen molar-refractivity contribution in [1.82, 2.24) is 15.5 Å². The molecule has 0 bridgehead atoms. The van der Waals surface area contributed by atoms with E-state index < -0.39 is 14.3 Å². The van der Waals surface area contributed by atoms with Gasteiger partial charge in [0, 0.05) is 44.9 Å². The van der Waals surface area contributed by atoms with E-state index in [2.05, 4.69) is 15.5 Å². The van der Waals surface area contributed by atoms with Gasteiger partial charge in [0.1, 0.15) is 7.14 Å². The highest BCUT2D eigenvalue weighted by Gasteiger charge is 2.31. The molecule has 1 fully saturated rings. The van der Waals surface area contributed by atoms with Crippen molar-refractivity contribution in [1.29, 1.82) is 0 Å². The van der Waals surface area contributed by atoms with Crippen LogP contribution in [0.2, 0.25) is 0 Å². The van der Waals surface area contributed by atoms with Crippen molar-refractivity contribution in [2.24, 2.45) is 0 Å². The molecule has 0 aliphatic carbocycles. The van der Waals surface area contributed by atoms with Crippen molar-refractivity contribution in [3.05, 3.63) is 0 Å². The zero-order chi connectivity index (χ0) is 17.3. The summed E-state index contributed by atoms with van der Waals surface area (Å²) in [6.45, 7) is 12.7. The Morgan fingerprint density at radius 2 is 1.43 bits per heavy atom. The average Bonchev–Trinajstić information content (AvgIpc) is 2.67. The van der Waals surface area contributed by atoms with E-state index in [-0.39, 0.29) is 6.04 Å². The molecule has 1 unspecified atom stereocenters. The van der Waals surface area contributed by atoms with Crippen LogP contribution >= 0.6 is 14.3 Å². The molecule has 1 saturated heterocycles. The normalized spacial score (nSPS) is 22.3. The van der Waals surface area contributed by atoms with E-state index in [0.29, 0.717) is 6.29 Å². The number of nitrogens with zero attached hydrogens (tertiary/aromatic N) is 1. The topological polar surface area (TPSA) is 61.4 Å². The van der Waals surface area contributed by atoms with Gasteiger partial charge in [0.05, 0.1) is 13.4 Å². The lowest BCUT2D eigenvalue weighted by atomic mass is 10.3. The van der Waals surface area contributed by atoms with E-state index in [1.807, 2.05) is 27.7 Å². The highest BCUT2D eigenvalue weighted by Crippen LogP contribution is 2.48. The van der Waals surface area contributed by atoms with Gasteiger partial charge in [0.15, 0.2) is 0 Å². The van der Waals surface area contributed by atoms with Crippen LogP contribution in [-0.2, 0) is 9.13 Å². The summed E-state index contributed by atoms with van der Waals surface area (Å²) in [6, 6.07) is 0.229. The molecule has 1 rings (SSSR count). The number of hydrogen-bond acceptors (Lipinski definition) is 5. The van der Waals surface area contributed by atoms with E-state index in [9.17, 15) is 9.13 Å². The molecule has 1 aliphatic heterocycles. The highest BCUT2D eigenvalue weighted by molar-refractivity contribution is 7.64. The molecule has 0 spiro atoms. The smallest absolute Gasteiger partial charge is 0.100 e. The Morgan fingerprint density at radius 1 is 0.870 bits per heavy atom. The Hall–Kier alpha value is 0.340. The third-order valence-corrected chi connectivity index (χ3v) is 11.8. The van der Waals surface area contributed by atoms with Crippen molar-refractivity contribution in [3.8, 4) is 0 Å². The van der Waals surface area contributed by atoms with E-state index in [4.69, 9.17) is 0 Å². The molecule has 1 heterocycles. The molecule has 138 valence electrons. The summed E-state index contributed by atoms with van der Waals surface area (Å²) in [5, 5.41) is 6.91. The minimum Gasteiger partial charge on any atom is -0.324 e. The van der Waals surface area contributed by atoms with Gasteiger partial charge in [0.25, 0.3) is 0 Å². The zero-order valence-corrected chi connectivity index (χ0v) is 17.3. The van der Waals surface area contributed by atoms with Gasteiger partial charge in [-0.2, -0.15) is 0 Å². The van der Waals surface area contributed by atoms with Crippen LogP contribution in [0.5, 0.6) is 0 Å². The second kappa shape index (κ2) is 10.4. The predicted molar refractivity (Wildman–Crippen MR) is 103 cm³/mol. The molecule has 0 amide bonds. The second-order valence-electron chi connectivity index (χ2n) is 6.63. The molecule has 0 aromatic carbocycles. The summed E-state index contributed by atoms with van der Waals surface area (Å²) in [7, 11) is -4.25. The maximum absolute atomic E-state index is 13.0. The third-order valence-electron chi connectivity index (χ3n) is 5.24. The SMILES string of the molecule is CCP(=O)(CC)CC1CNCCNCCN1CP(=O)(CC)CC. The first-order valence-electron chi connectivity index (χ1n) is 9.21. The van der Waals surface area contributed by atoms with Crippen molar-refractivity contribution in [2.75, 3.05) is 69.8 Å². The van der Waals surface area contributed by atoms with Crippen LogP contribution in [0.4, 0.5) is 0 Å². The molecule has 2 N–H and O–H groups in total. The van der Waals surface area contributed by atoms with Crippen LogP contribution in [0.3, 0.4) is 0 Å². The van der Waals surface area contributed by atoms with Gasteiger partial charge in [-0.3, -0.25) is 4.90 Å². The minimum absolute atomic E-state index is 0.229. The number of rotatable bonds is 8. The molecular formula is C16H37N3O2P2. The summed E-state index contributed by atoms with van der Waals surface area (Å²) in [6.07, 6.45) is 4.47. The van der Waals surface area contributed by atoms with Crippen molar-refractivity contribution in [3.63, 3.8) is 0 Å². The fraction of sp³-hybridized carbons (Fsp3) is 1.00. The monoisotopic (exact) mass is 365 g/mol. The summed E-state index contributed by atoms with van der Waals surface area (Å²) in [5.74, 6) is 0. The van der Waals surface area contributed by atoms with E-state index in [0.717, 1.165) is 63.5 Å². The van der Waals surface area contributed by atoms with Gasteiger partial charge in [0.2, 0.25) is 0 Å². The summed E-state index contributed by atoms with van der Waals surface area (Å²) in [4.78, 5) is 2.36. The van der Waals surface area contributed by atoms with Gasteiger partial charge >= 0.3 is 0 Å². The lowest BCUT2D eigenvalue weighted by molar-refractivity contribution is 0.244. The molecule has 0 saturated carbocycles. The Kier molecular flexibility index (Phi) is 9.63. The van der Waals surface area contributed by atoms with Crippen LogP contribution in [0, 0.1) is 0 Å². The second-order valence-corrected chi connectivity index (χ2v) is 14.0. The Balaban J connectivity index is 2.94. The molecule has 7 heteroatoms. The number of nitrogens with one attached hydrogen (secondary N) is 2. The van der Waals surface area contributed by atoms with Gasteiger partial charge in [-0.05, 0) is 24.6 Å². The zero-order valence-electron chi connectivity index (χ0n) is 15.5. The molecule has 0 radical (unpaired) electrons. The lowest BCUT2D eigenvalue weighted by Crippen LogP contribution is -2.46. The summed E-state index contributed by atoms with van der Waals surface area (Å²) < 4.78 is 26.0. The van der Waals surface area contributed by atoms with Crippen LogP contribution < -0.4 is 10.6 Å². The molecule has 0 aromatic heterocycles. The highest BCUT2D eigenvalue weighted by atomic mass is 31.2. The fourth-order valence-electron chi connectivity index (χ4n) is 3.09. The maximum Gasteiger partial charge on any atom is 0.100 e. The number of hydrogen-bond donors (Lipinski definition) is 2. The summed E-state index contributed by atoms with van der Waals surface area (Å²) >= 11 is 0. The first-order valence-corrected chi connectivity index (χ1v) is 13.7. The Labute approximate surface area is 143 Å². The molecular weight excluding hydrogens is 328 g/mol. The Morgan fingerprint density at radius 3 is 2.00 bits per heavy atom. The molecule has 1 atom stereocenters. The lowest BCUT2D eigenvalue weighted by Gasteiger charge is -2.35. The van der Waals surface area contributed by atoms with E-state index in [1.54, 1.807) is 0 Å². The largest absolute Gasteiger partial charge is 0.324 e. The van der Waals surface area contributed by atoms with Crippen molar-refractivity contribution in [2.45, 2.75) is 33.7 Å². The molecule has 5 nitrogen and oxygen atoms in total. The van der Waals surface area contributed by atoms with E-state index >= 15 is 0 Å². The molecule has 0 aromatic rings.